The molecule has 50 heteroatoms. The number of carbonyl (C=O) groups excluding carboxylic acids is 2. The van der Waals surface area contributed by atoms with E-state index in [-0.39, 0.29) is 102 Å². The molecule has 2 amide bonds. The van der Waals surface area contributed by atoms with Crippen molar-refractivity contribution in [2.45, 2.75) is 75.3 Å². The number of hydrogen-bond acceptors (Lipinski definition) is 30. The van der Waals surface area contributed by atoms with E-state index in [4.69, 9.17) is 68.2 Å². The monoisotopic (exact) mass is 2060 g/mol. The van der Waals surface area contributed by atoms with Gasteiger partial charge in [-0.25, -0.2) is 121 Å². The number of aromatic nitrogens is 4. The Morgan fingerprint density at radius 1 is 0.478 bits per heavy atom. The molecule has 0 saturated carbocycles. The Morgan fingerprint density at radius 2 is 0.919 bits per heavy atom. The molecule has 0 saturated heterocycles. The number of benzene rings is 5. The minimum atomic E-state index is -3.71. The van der Waals surface area contributed by atoms with Crippen molar-refractivity contribution in [2.24, 2.45) is 58.6 Å². The number of H-pyrrole nitrogens is 1. The number of amides is 2. The van der Waals surface area contributed by atoms with E-state index < -0.39 is 119 Å². The number of aliphatic imine (C=N–C) groups is 6. The number of guanidine groups is 5. The van der Waals surface area contributed by atoms with Crippen molar-refractivity contribution in [1.29, 1.82) is 0 Å². The van der Waals surface area contributed by atoms with Gasteiger partial charge in [-0.1, -0.05) is 83.3 Å². The van der Waals surface area contributed by atoms with Gasteiger partial charge in [-0.05, 0) is 166 Å². The third-order valence-electron chi connectivity index (χ3n) is 22.5. The Hall–Kier alpha value is -12.6. The Kier molecular flexibility index (Phi) is 28.6. The van der Waals surface area contributed by atoms with Gasteiger partial charge in [0.05, 0.1) is 83.0 Å². The molecule has 14 N–H and O–H groups in total. The molecule has 0 fully saturated rings. The third-order valence-corrected chi connectivity index (χ3v) is 36.0. The number of para-hydroxylation sites is 1. The molecule has 0 aliphatic carbocycles. The molecule has 0 bridgehead atoms. The highest BCUT2D eigenvalue weighted by Gasteiger charge is 2.48. The molecule has 5 aromatic carbocycles. The second kappa shape index (κ2) is 38.5. The van der Waals surface area contributed by atoms with Gasteiger partial charge in [0.15, 0.2) is 0 Å². The zero-order chi connectivity index (χ0) is 99.3. The molecule has 36 nitrogen and oxygen atoms in total. The first kappa shape index (κ1) is 101. The predicted molar refractivity (Wildman–Crippen MR) is 522 cm³/mol. The lowest BCUT2D eigenvalue weighted by Crippen LogP contribution is -2.50. The number of anilines is 3. The number of fused-ring (bicyclic) bond motifs is 2. The van der Waals surface area contributed by atoms with Gasteiger partial charge in [0.25, 0.3) is 11.8 Å². The molecule has 6 aliphatic rings. The molecule has 6 aliphatic heterocycles. The number of ether oxygens (including phenoxy) is 1. The lowest BCUT2D eigenvalue weighted by atomic mass is 9.91. The quantitative estimate of drug-likeness (QED) is 0.0340. The Morgan fingerprint density at radius 3 is 1.38 bits per heavy atom. The molecule has 0 unspecified atom stereocenters. The maximum Gasteiger partial charge on any atom is 0.266 e. The van der Waals surface area contributed by atoms with Gasteiger partial charge < -0.3 is 54.3 Å². The Balaban J connectivity index is 0.000000144. The van der Waals surface area contributed by atoms with Gasteiger partial charge in [-0.15, -0.1) is 22.7 Å². The fourth-order valence-electron chi connectivity index (χ4n) is 15.0. The van der Waals surface area contributed by atoms with E-state index in [1.165, 1.54) is 84.6 Å². The summed E-state index contributed by atoms with van der Waals surface area (Å²) >= 11 is 20.5. The van der Waals surface area contributed by atoms with Crippen LogP contribution in [-0.2, 0) is 90.8 Å². The summed E-state index contributed by atoms with van der Waals surface area (Å²) in [6.07, 6.45) is 3.23. The smallest absolute Gasteiger partial charge is 0.266 e. The number of methoxy groups -OCH3 is 1. The first-order valence-corrected chi connectivity index (χ1v) is 51.3. The van der Waals surface area contributed by atoms with Crippen LogP contribution in [0, 0.1) is 23.3 Å². The van der Waals surface area contributed by atoms with E-state index in [2.05, 4.69) is 65.8 Å². The van der Waals surface area contributed by atoms with E-state index in [0.717, 1.165) is 89.5 Å². The number of thiophene rings is 2. The van der Waals surface area contributed by atoms with Gasteiger partial charge in [-0.2, -0.15) is 0 Å². The largest absolute Gasteiger partial charge is 0.497 e. The highest BCUT2D eigenvalue weighted by atomic mass is 35.5. The Labute approximate surface area is 803 Å². The van der Waals surface area contributed by atoms with Crippen LogP contribution in [0.1, 0.15) is 97.1 Å². The summed E-state index contributed by atoms with van der Waals surface area (Å²) in [4.78, 5) is 67.7. The standard InChI is InChI=1S/C20H21FN4O3S.C19H19FN4O2S.C17H19F2N5O2S.C15H15Cl2N5O3S2.C15H16ClN5O3S2/c1-20(11-29(26,27)25(2)19(22)24-20)15-8-12(5-7-16(15)21)17-9-13-4-6-14(28-3)10-18(13)23-17;1-19(11-27(25,26)24(2)18(21)23-19)14-9-13(7-8-15(14)20)17-10-12-5-3-4-6-16(12)22-17;1-17(10-27(25,26)24(2)16(20)23-17)13-7-11(3-5-14(13)19)8-21-15-6-4-12(18)9-22-15;1-15(7-27(24,25)22(2)14(18)21-15)12-8(16)6-9(26-12)13(23)20-11-5-3-4-10(17)19-11;1-15(8-26(23,24)21(2)14(17)20-15)12-9(16)7-10(25-12)13(22)19-11-5-3-4-6-18-11/h4-8,10H,9,11H2,1-3H3,(H2,22,24);3-10,22H,11H2,1-2H3,(H2,21,23);3-7,9H,8,10H2,1-2H3,(H2,20,23)(H,21,22);3-6H,7H2,1-2H3,(H2,18,21)(H,19,20,23);3-7H,8H2,1-2H3,(H2,17,20)(H,18,19,22)/t20-;19-;17-;2*15-/m00000/s1. The van der Waals surface area contributed by atoms with Crippen LogP contribution in [0.5, 0.6) is 5.75 Å². The van der Waals surface area contributed by atoms with E-state index >= 15 is 0 Å². The van der Waals surface area contributed by atoms with Crippen LogP contribution in [0.25, 0.3) is 22.2 Å². The number of aromatic amines is 1. The second-order valence-electron chi connectivity index (χ2n) is 32.8. The van der Waals surface area contributed by atoms with Crippen molar-refractivity contribution >= 4 is 189 Å². The van der Waals surface area contributed by atoms with E-state index in [1.807, 2.05) is 48.5 Å². The fourth-order valence-corrected chi connectivity index (χ4v) is 25.7. The SMILES string of the molecule is CN1C(N)=N[C@](C)(c2cc(-c3cc4ccccc4[nH]3)ccc2F)CS1(=O)=O.CN1C(N)=N[C@](C)(c2cc(CNc3ccc(F)cn3)ccc2F)CS1(=O)=O.CN1C(N)=N[C@](C)(c2sc(C(=O)Nc3cccc(Cl)n3)cc2Cl)CS1(=O)=O.CN1C(N)=N[C@](C)(c2sc(C(=O)Nc3ccccn3)cc2Cl)CS1(=O)=O.COc1ccc2c(c1)N=C(c1ccc(F)c([C@]3(C)CS(=O)(=O)N(C)C(N)=N3)c1)C2. The number of carbonyl (C=O) groups is 2. The number of nitrogens with zero attached hydrogens (tertiary/aromatic N) is 14. The van der Waals surface area contributed by atoms with Crippen LogP contribution in [0.2, 0.25) is 15.2 Å². The maximum absolute atomic E-state index is 14.7. The number of halogens is 7. The number of sulfonamides is 5. The van der Waals surface area contributed by atoms with Crippen LogP contribution in [0.15, 0.2) is 206 Å². The summed E-state index contributed by atoms with van der Waals surface area (Å²) in [6.45, 7) is 8.21. The molecule has 11 aromatic rings. The molecule has 5 atom stereocenters. The Bertz CT molecular complexity index is 7380. The van der Waals surface area contributed by atoms with Crippen LogP contribution < -0.4 is 49.4 Å². The molecule has 718 valence electrons. The van der Waals surface area contributed by atoms with Crippen molar-refractivity contribution < 1.29 is 74.0 Å². The second-order valence-corrected chi connectivity index (χ2v) is 46.1. The van der Waals surface area contributed by atoms with Crippen molar-refractivity contribution in [3.63, 3.8) is 0 Å². The zero-order valence-electron chi connectivity index (χ0n) is 74.2. The summed E-state index contributed by atoms with van der Waals surface area (Å²) < 4.78 is 190. The minimum absolute atomic E-state index is 0.122. The average Bonchev–Trinajstić information content (AvgIpc) is 1.22. The van der Waals surface area contributed by atoms with Gasteiger partial charge in [0.2, 0.25) is 79.9 Å². The van der Waals surface area contributed by atoms with E-state index in [0.29, 0.717) is 49.6 Å². The summed E-state index contributed by atoms with van der Waals surface area (Å²) in [7, 11) is -10.1. The fraction of sp³-hybridized carbons (Fsp3) is 0.267. The predicted octanol–water partition coefficient (Wildman–Crippen LogP) is 11.2. The van der Waals surface area contributed by atoms with Crippen molar-refractivity contribution in [2.75, 3.05) is 87.1 Å². The van der Waals surface area contributed by atoms with Gasteiger partial charge >= 0.3 is 0 Å². The van der Waals surface area contributed by atoms with Crippen LogP contribution >= 0.6 is 57.5 Å². The molecule has 136 heavy (non-hydrogen) atoms. The molecule has 6 aromatic heterocycles. The average molecular weight is 2060 g/mol. The van der Waals surface area contributed by atoms with E-state index in [9.17, 15) is 69.2 Å². The van der Waals surface area contributed by atoms with E-state index in [1.54, 1.807) is 114 Å². The van der Waals surface area contributed by atoms with Gasteiger partial charge in [0, 0.05) is 93.8 Å². The number of hydrogen-bond donors (Lipinski definition) is 9. The van der Waals surface area contributed by atoms with Crippen molar-refractivity contribution in [3.05, 3.63) is 268 Å². The molecular weight excluding hydrogens is 1970 g/mol. The first-order chi connectivity index (χ1) is 63.6. The zero-order valence-corrected chi connectivity index (χ0v) is 82.1. The van der Waals surface area contributed by atoms with Crippen molar-refractivity contribution in [3.8, 4) is 17.0 Å². The third kappa shape index (κ3) is 21.8. The topological polar surface area (TPSA) is 525 Å². The number of pyridine rings is 3. The van der Waals surface area contributed by atoms with Crippen LogP contribution in [0.4, 0.5) is 40.7 Å². The summed E-state index contributed by atoms with van der Waals surface area (Å²) in [5, 5.41) is 10.1. The summed E-state index contributed by atoms with van der Waals surface area (Å²) in [5.41, 5.74) is 29.5. The first-order valence-electron chi connectivity index (χ1n) is 40.5. The highest BCUT2D eigenvalue weighted by Crippen LogP contribution is 2.46. The minimum Gasteiger partial charge on any atom is -0.497 e. The lowest BCUT2D eigenvalue weighted by Gasteiger charge is -2.34. The summed E-state index contributed by atoms with van der Waals surface area (Å²) in [6, 6.07) is 44.7. The highest BCUT2D eigenvalue weighted by molar-refractivity contribution is 7.91. The number of nitrogens with one attached hydrogen (secondary N) is 4. The summed E-state index contributed by atoms with van der Waals surface area (Å²) in [5.74, 6) is -3.56. The number of nitrogens with two attached hydrogens (primary N) is 5. The van der Waals surface area contributed by atoms with Crippen LogP contribution in [-0.4, -0.2) is 202 Å². The maximum atomic E-state index is 14.7. The molecule has 0 radical (unpaired) electrons. The van der Waals surface area contributed by atoms with Gasteiger partial charge in [-0.3, -0.25) is 14.6 Å². The molecule has 0 spiro atoms. The number of rotatable bonds is 15. The van der Waals surface area contributed by atoms with Crippen molar-refractivity contribution in [1.82, 2.24) is 41.5 Å². The lowest BCUT2D eigenvalue weighted by molar-refractivity contribution is 0.102. The normalized spacial score (nSPS) is 22.0. The molecule has 12 heterocycles. The van der Waals surface area contributed by atoms with Crippen LogP contribution in [0.3, 0.4) is 0 Å². The van der Waals surface area contributed by atoms with Gasteiger partial charge in [0.1, 0.15) is 79.3 Å². The molecule has 17 rings (SSSR count). The molecular formula is C86H90Cl3F4N23O13S7.